The van der Waals surface area contributed by atoms with Gasteiger partial charge in [0.15, 0.2) is 0 Å². The van der Waals surface area contributed by atoms with E-state index in [-0.39, 0.29) is 59.0 Å². The van der Waals surface area contributed by atoms with Crippen molar-refractivity contribution in [1.29, 1.82) is 0 Å². The van der Waals surface area contributed by atoms with Gasteiger partial charge in [0.2, 0.25) is 24.3 Å². The van der Waals surface area contributed by atoms with E-state index in [0.29, 0.717) is 60.7 Å². The number of primary amides is 2. The summed E-state index contributed by atoms with van der Waals surface area (Å²) in [5.74, 6) is 0. The Balaban J connectivity index is 1.30. The van der Waals surface area contributed by atoms with Gasteiger partial charge < -0.3 is 22.1 Å². The average Bonchev–Trinajstić information content (AvgIpc) is 3.32. The Morgan fingerprint density at radius 1 is 0.478 bits per heavy atom. The number of hydrogen-bond acceptors (Lipinski definition) is 12. The largest absolute Gasteiger partial charge is 0.351 e. The number of halogens is 2. The van der Waals surface area contributed by atoms with E-state index in [1.165, 1.54) is 48.6 Å². The maximum Gasteiger partial charge on any atom is 0.334 e. The second-order valence-corrected chi connectivity index (χ2v) is 15.5. The van der Waals surface area contributed by atoms with Crippen molar-refractivity contribution in [1.82, 2.24) is 0 Å². The van der Waals surface area contributed by atoms with Crippen LogP contribution in [-0.2, 0) is 51.8 Å². The molecule has 6 N–H and O–H groups in total. The third-order valence-corrected chi connectivity index (χ3v) is 10.9. The van der Waals surface area contributed by atoms with Crippen molar-refractivity contribution < 1.29 is 38.4 Å². The van der Waals surface area contributed by atoms with Crippen LogP contribution in [-0.4, -0.2) is 48.4 Å². The molecule has 344 valence electrons. The minimum absolute atomic E-state index is 0.0432. The minimum Gasteiger partial charge on any atom is -0.351 e. The summed E-state index contributed by atoms with van der Waals surface area (Å²) < 4.78 is 0. The summed E-state index contributed by atoms with van der Waals surface area (Å²) in [6.07, 6.45) is 6.24. The smallest absolute Gasteiger partial charge is 0.334 e. The van der Waals surface area contributed by atoms with E-state index < -0.39 is 24.1 Å². The van der Waals surface area contributed by atoms with E-state index in [2.05, 4.69) is 30.6 Å². The summed E-state index contributed by atoms with van der Waals surface area (Å²) >= 11 is 14.0. The number of benzene rings is 6. The standard InChI is InChI=1S/C49H36Cl2N10O8/c50-40-20-30(13-15-38(40)44-34(24-56-28-64)7-3-11-42(44)58-48(68)60(46(52)66)36-9-1-5-32(18-36)22-54-26-62)17-31-14-16-39(41(51)21-31)45-35(25-57-29-65)8-4-12-43(45)59-49(69)61(47(53)67)37-10-2-6-33(19-37)23-55-27-63/h1-16,18-21H,17,22-25H2,(H2,52,66)(H2,53,67)(H,58,68)(H,59,69). The summed E-state index contributed by atoms with van der Waals surface area (Å²) in [5, 5.41) is 5.96. The lowest BCUT2D eigenvalue weighted by molar-refractivity contribution is 0.243. The number of nitrogens with one attached hydrogen (secondary N) is 2. The van der Waals surface area contributed by atoms with Crippen LogP contribution >= 0.6 is 23.2 Å². The van der Waals surface area contributed by atoms with Crippen LogP contribution in [0.3, 0.4) is 0 Å². The van der Waals surface area contributed by atoms with Crippen LogP contribution in [0.5, 0.6) is 0 Å². The van der Waals surface area contributed by atoms with Crippen molar-refractivity contribution in [2.45, 2.75) is 32.6 Å². The van der Waals surface area contributed by atoms with Gasteiger partial charge in [-0.1, -0.05) is 96.0 Å². The number of imide groups is 2. The second kappa shape index (κ2) is 23.4. The molecule has 6 aromatic carbocycles. The van der Waals surface area contributed by atoms with E-state index in [1.807, 2.05) is 0 Å². The molecule has 8 amide bonds. The topological polar surface area (TPSA) is 269 Å². The van der Waals surface area contributed by atoms with Gasteiger partial charge in [-0.3, -0.25) is 0 Å². The summed E-state index contributed by atoms with van der Waals surface area (Å²) in [4.78, 5) is 113. The number of hydrogen-bond donors (Lipinski definition) is 4. The summed E-state index contributed by atoms with van der Waals surface area (Å²) in [6.45, 7) is -0.343. The Kier molecular flexibility index (Phi) is 16.7. The van der Waals surface area contributed by atoms with Gasteiger partial charge in [0, 0.05) is 32.3 Å². The monoisotopic (exact) mass is 962 g/mol. The molecule has 0 heterocycles. The van der Waals surface area contributed by atoms with Crippen molar-refractivity contribution in [3.8, 4) is 22.3 Å². The van der Waals surface area contributed by atoms with E-state index in [4.69, 9.17) is 34.7 Å². The number of rotatable bonds is 16. The molecule has 0 fully saturated rings. The van der Waals surface area contributed by atoms with Crippen LogP contribution in [0, 0.1) is 0 Å². The molecule has 0 saturated heterocycles. The maximum absolute atomic E-state index is 13.8. The van der Waals surface area contributed by atoms with Crippen molar-refractivity contribution in [2.24, 2.45) is 31.4 Å². The van der Waals surface area contributed by atoms with Gasteiger partial charge in [-0.25, -0.2) is 68.1 Å². The molecule has 18 nitrogen and oxygen atoms in total. The molecule has 6 aromatic rings. The molecular weight excluding hydrogens is 928 g/mol. The molecule has 69 heavy (non-hydrogen) atoms. The molecule has 6 rings (SSSR count). The first-order valence-electron chi connectivity index (χ1n) is 20.3. The van der Waals surface area contributed by atoms with Gasteiger partial charge in [-0.2, -0.15) is 0 Å². The van der Waals surface area contributed by atoms with Gasteiger partial charge in [-0.05, 0) is 88.3 Å². The van der Waals surface area contributed by atoms with E-state index >= 15 is 0 Å². The molecule has 0 aromatic heterocycles. The molecule has 0 atom stereocenters. The Morgan fingerprint density at radius 3 is 1.22 bits per heavy atom. The van der Waals surface area contributed by atoms with Crippen molar-refractivity contribution >= 4 is 94.4 Å². The maximum atomic E-state index is 13.8. The molecule has 0 bridgehead atoms. The SMILES string of the molecule is NC(=O)N(C(=O)Nc1cccc(CN=C=O)c1-c1ccc(Cc2ccc(-c3c(CN=C=O)cccc3NC(=O)N(C(N)=O)c3cccc(CN=C=O)c3)c(Cl)c2)cc1Cl)c1cccc(CN=C=O)c1. The molecule has 20 heteroatoms. The molecule has 0 spiro atoms. The van der Waals surface area contributed by atoms with Crippen LogP contribution in [0.25, 0.3) is 22.3 Å². The first-order chi connectivity index (χ1) is 33.4. The third-order valence-electron chi connectivity index (χ3n) is 10.3. The van der Waals surface area contributed by atoms with Gasteiger partial charge in [0.25, 0.3) is 0 Å². The number of anilines is 4. The lowest BCUT2D eigenvalue weighted by Gasteiger charge is -2.22. The number of urea groups is 4. The van der Waals surface area contributed by atoms with Gasteiger partial charge in [-0.15, -0.1) is 0 Å². The van der Waals surface area contributed by atoms with Crippen LogP contribution in [0.2, 0.25) is 10.0 Å². The number of carbonyl (C=O) groups is 4. The molecule has 0 radical (unpaired) electrons. The number of amides is 8. The lowest BCUT2D eigenvalue weighted by atomic mass is 9.93. The van der Waals surface area contributed by atoms with Gasteiger partial charge in [0.1, 0.15) is 0 Å². The molecule has 0 unspecified atom stereocenters. The molecule has 0 aliphatic rings. The number of carbonyl (C=O) groups excluding carboxylic acids is 8. The Bertz CT molecular complexity index is 2980. The number of isocyanates is 4. The summed E-state index contributed by atoms with van der Waals surface area (Å²) in [6, 6.07) is 28.5. The zero-order valence-electron chi connectivity index (χ0n) is 35.9. The predicted octanol–water partition coefficient (Wildman–Crippen LogP) is 9.50. The third kappa shape index (κ3) is 12.2. The Labute approximate surface area is 402 Å². The zero-order chi connectivity index (χ0) is 49.5. The fraction of sp³-hybridized carbons (Fsp3) is 0.102. The molecular formula is C49H36Cl2N10O8. The highest BCUT2D eigenvalue weighted by Crippen LogP contribution is 2.40. The second-order valence-electron chi connectivity index (χ2n) is 14.7. The zero-order valence-corrected chi connectivity index (χ0v) is 37.5. The average molecular weight is 964 g/mol. The van der Waals surface area contributed by atoms with Crippen molar-refractivity contribution in [2.75, 3.05) is 20.4 Å². The van der Waals surface area contributed by atoms with E-state index in [9.17, 15) is 38.4 Å². The summed E-state index contributed by atoms with van der Waals surface area (Å²) in [7, 11) is 0. The Hall–Kier alpha value is -9.10. The number of nitrogens with zero attached hydrogens (tertiary/aromatic N) is 6. The quantitative estimate of drug-likeness (QED) is 0.0534. The first-order valence-corrected chi connectivity index (χ1v) is 21.1. The van der Waals surface area contributed by atoms with Crippen LogP contribution in [0.15, 0.2) is 141 Å². The van der Waals surface area contributed by atoms with Crippen molar-refractivity contribution in [3.63, 3.8) is 0 Å². The summed E-state index contributed by atoms with van der Waals surface area (Å²) in [5.41, 5.74) is 17.1. The number of nitrogens with two attached hydrogens (primary N) is 2. The van der Waals surface area contributed by atoms with E-state index in [1.54, 1.807) is 97.1 Å². The molecule has 0 saturated carbocycles. The van der Waals surface area contributed by atoms with Gasteiger partial charge >= 0.3 is 24.1 Å². The highest BCUT2D eigenvalue weighted by Gasteiger charge is 2.26. The van der Waals surface area contributed by atoms with Gasteiger partial charge in [0.05, 0.1) is 48.9 Å². The van der Waals surface area contributed by atoms with Crippen LogP contribution < -0.4 is 31.9 Å². The fourth-order valence-electron chi connectivity index (χ4n) is 7.39. The predicted molar refractivity (Wildman–Crippen MR) is 259 cm³/mol. The van der Waals surface area contributed by atoms with E-state index in [0.717, 1.165) is 11.1 Å². The Morgan fingerprint density at radius 2 is 0.855 bits per heavy atom. The highest BCUT2D eigenvalue weighted by molar-refractivity contribution is 6.34. The number of aliphatic imine (C=N–C) groups is 4. The van der Waals surface area contributed by atoms with Crippen LogP contribution in [0.4, 0.5) is 41.9 Å². The van der Waals surface area contributed by atoms with Crippen LogP contribution in [0.1, 0.15) is 33.4 Å². The minimum atomic E-state index is -1.10. The normalized spacial score (nSPS) is 10.2. The lowest BCUT2D eigenvalue weighted by Crippen LogP contribution is -2.43. The van der Waals surface area contributed by atoms with Crippen molar-refractivity contribution in [3.05, 3.63) is 165 Å². The fourth-order valence-corrected chi connectivity index (χ4v) is 7.98. The molecule has 0 aliphatic carbocycles. The highest BCUT2D eigenvalue weighted by atomic mass is 35.5. The first kappa shape index (κ1) is 49.3. The molecule has 0 aliphatic heterocycles.